The smallest absolute Gasteiger partial charge is 0.296 e. The number of piperidine rings is 1. The van der Waals surface area contributed by atoms with Crippen molar-refractivity contribution in [3.8, 4) is 5.88 Å². The van der Waals surface area contributed by atoms with Gasteiger partial charge in [0.05, 0.1) is 23.6 Å². The molecule has 3 heterocycles. The summed E-state index contributed by atoms with van der Waals surface area (Å²) in [4.78, 5) is 13.8. The molecule has 9 heteroatoms. The number of halogens is 2. The second-order valence-corrected chi connectivity index (χ2v) is 9.17. The Bertz CT molecular complexity index is 921. The lowest BCUT2D eigenvalue weighted by Gasteiger charge is -2.32. The van der Waals surface area contributed by atoms with Crippen LogP contribution in [0.2, 0.25) is 0 Å². The van der Waals surface area contributed by atoms with Crippen LogP contribution in [-0.4, -0.2) is 65.0 Å². The zero-order valence-corrected chi connectivity index (χ0v) is 18.7. The molecule has 0 amide bonds. The first-order valence-corrected chi connectivity index (χ1v) is 11.4. The molecule has 32 heavy (non-hydrogen) atoms. The summed E-state index contributed by atoms with van der Waals surface area (Å²) in [5.41, 5.74) is 1.68. The van der Waals surface area contributed by atoms with Crippen molar-refractivity contribution in [2.45, 2.75) is 69.5 Å². The van der Waals surface area contributed by atoms with Crippen LogP contribution in [0.15, 0.2) is 12.4 Å². The van der Waals surface area contributed by atoms with E-state index in [1.807, 2.05) is 0 Å². The number of hydrogen-bond donors (Lipinski definition) is 2. The van der Waals surface area contributed by atoms with Gasteiger partial charge in [0.2, 0.25) is 5.88 Å². The third kappa shape index (κ3) is 5.15. The zero-order chi connectivity index (χ0) is 22.7. The van der Waals surface area contributed by atoms with E-state index in [2.05, 4.69) is 22.2 Å². The van der Waals surface area contributed by atoms with Crippen molar-refractivity contribution in [2.75, 3.05) is 26.8 Å². The number of aliphatic hydroxyl groups is 1. The topological polar surface area (TPSA) is 89.4 Å². The Morgan fingerprint density at radius 2 is 1.97 bits per heavy atom. The summed E-state index contributed by atoms with van der Waals surface area (Å²) >= 11 is 0. The number of rotatable bonds is 7. The Kier molecular flexibility index (Phi) is 7.17. The molecule has 2 atom stereocenters. The minimum absolute atomic E-state index is 0.155. The maximum atomic E-state index is 14.4. The predicted octanol–water partition coefficient (Wildman–Crippen LogP) is 3.24. The number of methoxy groups -OCH3 is 1. The van der Waals surface area contributed by atoms with E-state index in [9.17, 15) is 13.9 Å². The molecule has 0 radical (unpaired) electrons. The van der Waals surface area contributed by atoms with Gasteiger partial charge in [-0.3, -0.25) is 0 Å². The molecule has 2 N–H and O–H groups in total. The van der Waals surface area contributed by atoms with E-state index in [4.69, 9.17) is 14.5 Å². The van der Waals surface area contributed by atoms with Crippen LogP contribution in [0.1, 0.15) is 56.3 Å². The number of nitrogens with zero attached hydrogens (tertiary/aromatic N) is 3. The molecule has 0 spiro atoms. The summed E-state index contributed by atoms with van der Waals surface area (Å²) in [7, 11) is 1.67. The normalized spacial score (nSPS) is 26.7. The number of hydrogen-bond acceptors (Lipinski definition) is 7. The van der Waals surface area contributed by atoms with Crippen molar-refractivity contribution < 1.29 is 23.4 Å². The first-order valence-electron chi connectivity index (χ1n) is 11.4. The van der Waals surface area contributed by atoms with Crippen molar-refractivity contribution in [2.24, 2.45) is 5.92 Å². The van der Waals surface area contributed by atoms with Gasteiger partial charge < -0.3 is 19.9 Å². The number of ether oxygens (including phenoxy) is 2. The molecule has 1 saturated carbocycles. The fraction of sp³-hybridized carbons (Fsp3) is 0.696. The fourth-order valence-corrected chi connectivity index (χ4v) is 4.68. The lowest BCUT2D eigenvalue weighted by atomic mass is 9.82. The summed E-state index contributed by atoms with van der Waals surface area (Å²) in [5.74, 6) is -1.68. The van der Waals surface area contributed by atoms with Gasteiger partial charge in [0.25, 0.3) is 5.92 Å². The summed E-state index contributed by atoms with van der Waals surface area (Å²) in [6.07, 6.45) is 5.85. The van der Waals surface area contributed by atoms with Gasteiger partial charge in [0.1, 0.15) is 5.82 Å². The third-order valence-electron chi connectivity index (χ3n) is 6.45. The van der Waals surface area contributed by atoms with Gasteiger partial charge in [-0.25, -0.2) is 23.7 Å². The minimum atomic E-state index is -2.97. The lowest BCUT2D eigenvalue weighted by Crippen LogP contribution is -2.52. The molecule has 0 unspecified atom stereocenters. The molecule has 2 aliphatic rings. The Labute approximate surface area is 187 Å². The molecular formula is C23H32F2N4O3. The molecule has 7 nitrogen and oxygen atoms in total. The second-order valence-electron chi connectivity index (χ2n) is 9.17. The quantitative estimate of drug-likeness (QED) is 0.669. The average molecular weight is 451 g/mol. The van der Waals surface area contributed by atoms with Crippen molar-refractivity contribution in [1.29, 1.82) is 0 Å². The summed E-state index contributed by atoms with van der Waals surface area (Å²) in [5, 5.41) is 13.2. The SMILES string of the molecule is COC[C@H](C)Cc1ncc2c(O[C@@H]3CCNCC3(F)F)ncc(C3CCC(O)CC3)c2n1. The van der Waals surface area contributed by atoms with E-state index in [-0.39, 0.29) is 30.2 Å². The number of aliphatic hydroxyl groups excluding tert-OH is 1. The molecular weight excluding hydrogens is 418 g/mol. The molecule has 2 fully saturated rings. The average Bonchev–Trinajstić information content (AvgIpc) is 2.76. The van der Waals surface area contributed by atoms with Crippen LogP contribution in [0.5, 0.6) is 5.88 Å². The predicted molar refractivity (Wildman–Crippen MR) is 116 cm³/mol. The van der Waals surface area contributed by atoms with E-state index in [0.29, 0.717) is 36.3 Å². The van der Waals surface area contributed by atoms with Crippen LogP contribution in [0.3, 0.4) is 0 Å². The van der Waals surface area contributed by atoms with Gasteiger partial charge in [-0.05, 0) is 44.1 Å². The molecule has 4 rings (SSSR count). The first-order chi connectivity index (χ1) is 15.4. The maximum Gasteiger partial charge on any atom is 0.296 e. The number of nitrogens with one attached hydrogen (secondary N) is 1. The summed E-state index contributed by atoms with van der Waals surface area (Å²) < 4.78 is 39.7. The zero-order valence-electron chi connectivity index (χ0n) is 18.7. The van der Waals surface area contributed by atoms with E-state index in [1.54, 1.807) is 19.5 Å². The monoisotopic (exact) mass is 450 g/mol. The molecule has 1 aliphatic carbocycles. The fourth-order valence-electron chi connectivity index (χ4n) is 4.68. The Morgan fingerprint density at radius 3 is 2.69 bits per heavy atom. The van der Waals surface area contributed by atoms with Gasteiger partial charge in [0.15, 0.2) is 6.10 Å². The van der Waals surface area contributed by atoms with Gasteiger partial charge in [0, 0.05) is 44.5 Å². The Balaban J connectivity index is 1.69. The highest BCUT2D eigenvalue weighted by Gasteiger charge is 2.44. The number of fused-ring (bicyclic) bond motifs is 1. The second kappa shape index (κ2) is 9.89. The van der Waals surface area contributed by atoms with E-state index >= 15 is 0 Å². The van der Waals surface area contributed by atoms with Crippen LogP contribution in [-0.2, 0) is 11.2 Å². The maximum absolute atomic E-state index is 14.4. The summed E-state index contributed by atoms with van der Waals surface area (Å²) in [6.45, 7) is 2.74. The molecule has 1 aliphatic heterocycles. The number of alkyl halides is 2. The minimum Gasteiger partial charge on any atom is -0.467 e. The number of pyridine rings is 1. The third-order valence-corrected chi connectivity index (χ3v) is 6.45. The van der Waals surface area contributed by atoms with E-state index in [0.717, 1.165) is 31.2 Å². The highest BCUT2D eigenvalue weighted by molar-refractivity contribution is 5.85. The molecule has 0 aromatic carbocycles. The largest absolute Gasteiger partial charge is 0.467 e. The van der Waals surface area contributed by atoms with Crippen molar-refractivity contribution >= 4 is 10.9 Å². The van der Waals surface area contributed by atoms with Crippen LogP contribution in [0, 0.1) is 5.92 Å². The standard InChI is InChI=1S/C23H32F2N4O3/c1-14(12-31-2)9-20-27-11-18-21(29-20)17(15-3-5-16(30)6-4-15)10-28-22(18)32-19-7-8-26-13-23(19,24)25/h10-11,14-16,19,26,30H,3-9,12-13H2,1-2H3/t14-,15?,16?,19-/m1/s1. The number of aromatic nitrogens is 3. The Hall–Kier alpha value is -1.97. The first kappa shape index (κ1) is 23.2. The van der Waals surface area contributed by atoms with Crippen LogP contribution in [0.4, 0.5) is 8.78 Å². The van der Waals surface area contributed by atoms with Gasteiger partial charge >= 0.3 is 0 Å². The van der Waals surface area contributed by atoms with Crippen LogP contribution < -0.4 is 10.1 Å². The van der Waals surface area contributed by atoms with Crippen LogP contribution >= 0.6 is 0 Å². The van der Waals surface area contributed by atoms with E-state index < -0.39 is 18.6 Å². The lowest BCUT2D eigenvalue weighted by molar-refractivity contribution is -0.109. The van der Waals surface area contributed by atoms with Crippen molar-refractivity contribution in [3.63, 3.8) is 0 Å². The van der Waals surface area contributed by atoms with Crippen molar-refractivity contribution in [1.82, 2.24) is 20.3 Å². The molecule has 1 saturated heterocycles. The van der Waals surface area contributed by atoms with Gasteiger partial charge in [-0.15, -0.1) is 0 Å². The highest BCUT2D eigenvalue weighted by atomic mass is 19.3. The Morgan fingerprint density at radius 1 is 1.19 bits per heavy atom. The molecule has 0 bridgehead atoms. The summed E-state index contributed by atoms with van der Waals surface area (Å²) in [6, 6.07) is 0. The van der Waals surface area contributed by atoms with Gasteiger partial charge in [-0.2, -0.15) is 0 Å². The van der Waals surface area contributed by atoms with Crippen LogP contribution in [0.25, 0.3) is 10.9 Å². The molecule has 2 aromatic heterocycles. The van der Waals surface area contributed by atoms with Crippen molar-refractivity contribution in [3.05, 3.63) is 23.8 Å². The van der Waals surface area contributed by atoms with E-state index in [1.165, 1.54) is 0 Å². The highest BCUT2D eigenvalue weighted by Crippen LogP contribution is 2.38. The molecule has 176 valence electrons. The molecule has 2 aromatic rings. The van der Waals surface area contributed by atoms with Gasteiger partial charge in [-0.1, -0.05) is 6.92 Å².